The Kier molecular flexibility index (Phi) is 5.82. The van der Waals surface area contributed by atoms with Crippen molar-refractivity contribution in [3.8, 4) is 0 Å². The number of carbonyl (C=O) groups excluding carboxylic acids is 3. The summed E-state index contributed by atoms with van der Waals surface area (Å²) in [5.41, 5.74) is 2.03. The molecule has 0 N–H and O–H groups in total. The molecule has 3 rings (SSSR count). The molecule has 7 nitrogen and oxygen atoms in total. The van der Waals surface area contributed by atoms with Gasteiger partial charge in [0.2, 0.25) is 5.91 Å². The number of hydrogen-bond donors (Lipinski definition) is 0. The van der Waals surface area contributed by atoms with E-state index in [1.807, 2.05) is 18.2 Å². The molecule has 1 aromatic carbocycles. The Morgan fingerprint density at radius 2 is 1.57 bits per heavy atom. The molecule has 0 aromatic heterocycles. The lowest BCUT2D eigenvalue weighted by Crippen LogP contribution is -2.31. The van der Waals surface area contributed by atoms with Gasteiger partial charge in [-0.3, -0.25) is 9.69 Å². The first-order valence-electron chi connectivity index (χ1n) is 9.26. The van der Waals surface area contributed by atoms with E-state index < -0.39 is 11.9 Å². The van der Waals surface area contributed by atoms with Gasteiger partial charge >= 0.3 is 11.9 Å². The molecule has 0 unspecified atom stereocenters. The Morgan fingerprint density at radius 1 is 0.929 bits per heavy atom. The minimum absolute atomic E-state index is 0.00123. The smallest absolute Gasteiger partial charge is 0.340 e. The highest BCUT2D eigenvalue weighted by Crippen LogP contribution is 2.39. The van der Waals surface area contributed by atoms with Crippen molar-refractivity contribution >= 4 is 29.2 Å². The zero-order chi connectivity index (χ0) is 20.3. The van der Waals surface area contributed by atoms with Gasteiger partial charge in [0.05, 0.1) is 36.8 Å². The first-order valence-corrected chi connectivity index (χ1v) is 9.26. The molecule has 148 valence electrons. The highest BCUT2D eigenvalue weighted by atomic mass is 16.5. The number of hydrogen-bond acceptors (Lipinski definition) is 6. The summed E-state index contributed by atoms with van der Waals surface area (Å²) in [4.78, 5) is 41.3. The second kappa shape index (κ2) is 8.29. The molecule has 2 aliphatic rings. The SMILES string of the molecule is COC(=O)C1=CN(C(C)=O)c2ccccc2C(N2CCCCC2)=C1C(=O)OC. The molecular weight excluding hydrogens is 360 g/mol. The number of carbonyl (C=O) groups is 3. The summed E-state index contributed by atoms with van der Waals surface area (Å²) in [6.07, 6.45) is 4.44. The van der Waals surface area contributed by atoms with Crippen LogP contribution in [0.5, 0.6) is 0 Å². The Balaban J connectivity index is 2.37. The minimum Gasteiger partial charge on any atom is -0.465 e. The number of ether oxygens (including phenoxy) is 2. The predicted octanol–water partition coefficient (Wildman–Crippen LogP) is 2.48. The van der Waals surface area contributed by atoms with Gasteiger partial charge < -0.3 is 14.4 Å². The average Bonchev–Trinajstić information content (AvgIpc) is 2.88. The van der Waals surface area contributed by atoms with Crippen LogP contribution in [0.25, 0.3) is 5.70 Å². The van der Waals surface area contributed by atoms with Gasteiger partial charge in [0, 0.05) is 31.8 Å². The molecule has 0 saturated carbocycles. The highest BCUT2D eigenvalue weighted by Gasteiger charge is 2.35. The van der Waals surface area contributed by atoms with Crippen molar-refractivity contribution in [2.45, 2.75) is 26.2 Å². The quantitative estimate of drug-likeness (QED) is 0.746. The first kappa shape index (κ1) is 19.7. The van der Waals surface area contributed by atoms with E-state index in [1.54, 1.807) is 6.07 Å². The van der Waals surface area contributed by atoms with E-state index in [2.05, 4.69) is 4.90 Å². The van der Waals surface area contributed by atoms with Gasteiger partial charge in [-0.2, -0.15) is 0 Å². The lowest BCUT2D eigenvalue weighted by atomic mass is 9.97. The molecule has 28 heavy (non-hydrogen) atoms. The maximum Gasteiger partial charge on any atom is 0.340 e. The third kappa shape index (κ3) is 3.52. The summed E-state index contributed by atoms with van der Waals surface area (Å²) in [5.74, 6) is -1.62. The second-order valence-corrected chi connectivity index (χ2v) is 6.70. The average molecular weight is 384 g/mol. The van der Waals surface area contributed by atoms with Gasteiger partial charge in [0.1, 0.15) is 0 Å². The monoisotopic (exact) mass is 384 g/mol. The fourth-order valence-electron chi connectivity index (χ4n) is 3.69. The van der Waals surface area contributed by atoms with E-state index in [9.17, 15) is 14.4 Å². The molecule has 2 heterocycles. The van der Waals surface area contributed by atoms with Crippen LogP contribution in [0.3, 0.4) is 0 Å². The third-order valence-corrected chi connectivity index (χ3v) is 4.99. The van der Waals surface area contributed by atoms with Crippen LogP contribution in [0, 0.1) is 0 Å². The number of fused-ring (bicyclic) bond motifs is 1. The summed E-state index contributed by atoms with van der Waals surface area (Å²) in [6, 6.07) is 7.31. The van der Waals surface area contributed by atoms with Gasteiger partial charge in [-0.1, -0.05) is 18.2 Å². The number of benzene rings is 1. The topological polar surface area (TPSA) is 76.2 Å². The van der Waals surface area contributed by atoms with E-state index in [0.717, 1.165) is 32.4 Å². The van der Waals surface area contributed by atoms with E-state index in [-0.39, 0.29) is 17.1 Å². The highest BCUT2D eigenvalue weighted by molar-refractivity contribution is 6.15. The van der Waals surface area contributed by atoms with Crippen molar-refractivity contribution in [2.24, 2.45) is 0 Å². The Hall–Kier alpha value is -3.09. The molecule has 0 spiro atoms. The zero-order valence-corrected chi connectivity index (χ0v) is 16.4. The number of esters is 2. The number of rotatable bonds is 3. The third-order valence-electron chi connectivity index (χ3n) is 4.99. The van der Waals surface area contributed by atoms with Crippen LogP contribution in [-0.4, -0.2) is 50.1 Å². The molecule has 0 radical (unpaired) electrons. The fourth-order valence-corrected chi connectivity index (χ4v) is 3.69. The zero-order valence-electron chi connectivity index (χ0n) is 16.4. The van der Waals surface area contributed by atoms with Crippen LogP contribution in [-0.2, 0) is 23.9 Å². The Labute approximate surface area is 164 Å². The van der Waals surface area contributed by atoms with Crippen LogP contribution in [0.15, 0.2) is 41.6 Å². The molecule has 1 amide bonds. The van der Waals surface area contributed by atoms with Crippen LogP contribution in [0.1, 0.15) is 31.7 Å². The normalized spacial score (nSPS) is 16.8. The molecule has 7 heteroatoms. The molecule has 2 aliphatic heterocycles. The number of piperidine rings is 1. The summed E-state index contributed by atoms with van der Waals surface area (Å²) < 4.78 is 9.95. The van der Waals surface area contributed by atoms with Gasteiger partial charge in [0.25, 0.3) is 0 Å². The molecule has 0 bridgehead atoms. The maximum atomic E-state index is 12.8. The maximum absolute atomic E-state index is 12.8. The second-order valence-electron chi connectivity index (χ2n) is 6.70. The molecule has 1 aromatic rings. The standard InChI is InChI=1S/C21H24N2O5/c1-14(24)23-13-16(20(25)27-2)18(21(26)28-3)19(22-11-7-4-8-12-22)15-9-5-6-10-17(15)23/h5-6,9-10,13H,4,7-8,11-12H2,1-3H3. The largest absolute Gasteiger partial charge is 0.465 e. The lowest BCUT2D eigenvalue weighted by molar-refractivity contribution is -0.139. The number of amides is 1. The molecule has 0 aliphatic carbocycles. The molecule has 0 atom stereocenters. The minimum atomic E-state index is -0.700. The number of anilines is 1. The molecular formula is C21H24N2O5. The van der Waals surface area contributed by atoms with E-state index in [0.29, 0.717) is 16.9 Å². The van der Waals surface area contributed by atoms with Crippen molar-refractivity contribution in [1.82, 2.24) is 4.90 Å². The lowest BCUT2D eigenvalue weighted by Gasteiger charge is -2.33. The number of methoxy groups -OCH3 is 2. The predicted molar refractivity (Wildman–Crippen MR) is 104 cm³/mol. The summed E-state index contributed by atoms with van der Waals surface area (Å²) in [6.45, 7) is 2.91. The molecule has 1 saturated heterocycles. The van der Waals surface area contributed by atoms with Crippen molar-refractivity contribution in [1.29, 1.82) is 0 Å². The van der Waals surface area contributed by atoms with Crippen LogP contribution >= 0.6 is 0 Å². The van der Waals surface area contributed by atoms with Gasteiger partial charge in [-0.05, 0) is 25.3 Å². The summed E-state index contributed by atoms with van der Waals surface area (Å²) in [5, 5.41) is 0. The number of likely N-dealkylation sites (tertiary alicyclic amines) is 1. The van der Waals surface area contributed by atoms with Gasteiger partial charge in [0.15, 0.2) is 0 Å². The number of para-hydroxylation sites is 1. The first-order chi connectivity index (χ1) is 13.5. The summed E-state index contributed by atoms with van der Waals surface area (Å²) in [7, 11) is 2.52. The van der Waals surface area contributed by atoms with Gasteiger partial charge in [-0.15, -0.1) is 0 Å². The van der Waals surface area contributed by atoms with Crippen LogP contribution in [0.4, 0.5) is 5.69 Å². The van der Waals surface area contributed by atoms with Crippen molar-refractivity contribution < 1.29 is 23.9 Å². The van der Waals surface area contributed by atoms with Crippen molar-refractivity contribution in [2.75, 3.05) is 32.2 Å². The van der Waals surface area contributed by atoms with Crippen molar-refractivity contribution in [3.05, 3.63) is 47.2 Å². The fraction of sp³-hybridized carbons (Fsp3) is 0.381. The Morgan fingerprint density at radius 3 is 2.18 bits per heavy atom. The van der Waals surface area contributed by atoms with E-state index in [1.165, 1.54) is 32.2 Å². The van der Waals surface area contributed by atoms with Crippen LogP contribution in [0.2, 0.25) is 0 Å². The summed E-state index contributed by atoms with van der Waals surface area (Å²) >= 11 is 0. The number of nitrogens with zero attached hydrogens (tertiary/aromatic N) is 2. The molecule has 1 fully saturated rings. The van der Waals surface area contributed by atoms with Crippen LogP contribution < -0.4 is 4.90 Å². The van der Waals surface area contributed by atoms with E-state index in [4.69, 9.17) is 9.47 Å². The van der Waals surface area contributed by atoms with Crippen molar-refractivity contribution in [3.63, 3.8) is 0 Å². The van der Waals surface area contributed by atoms with E-state index >= 15 is 0 Å². The Bertz CT molecular complexity index is 865. The van der Waals surface area contributed by atoms with Gasteiger partial charge in [-0.25, -0.2) is 9.59 Å².